The van der Waals surface area contributed by atoms with Crippen molar-refractivity contribution in [1.29, 1.82) is 0 Å². The third kappa shape index (κ3) is 2.82. The number of halogens is 1. The average molecular weight is 313 g/mol. The van der Waals surface area contributed by atoms with Crippen LogP contribution in [0, 0.1) is 22.0 Å². The highest BCUT2D eigenvalue weighted by molar-refractivity contribution is 6.35. The van der Waals surface area contributed by atoms with Crippen LogP contribution in [0.5, 0.6) is 0 Å². The molecule has 1 heterocycles. The van der Waals surface area contributed by atoms with Crippen LogP contribution in [0.2, 0.25) is 5.02 Å². The summed E-state index contributed by atoms with van der Waals surface area (Å²) in [6.07, 6.45) is 0. The summed E-state index contributed by atoms with van der Waals surface area (Å²) in [7, 11) is 0. The quantitative estimate of drug-likeness (QED) is 0.680. The Labute approximate surface area is 125 Å². The number of carboxylic acid groups (broad SMARTS) is 1. The largest absolute Gasteiger partial charge is 0.481 e. The molecule has 7 nitrogen and oxygen atoms in total. The van der Waals surface area contributed by atoms with Crippen LogP contribution in [0.4, 0.5) is 5.69 Å². The summed E-state index contributed by atoms with van der Waals surface area (Å²) in [4.78, 5) is 35.0. The van der Waals surface area contributed by atoms with Crippen molar-refractivity contribution in [2.24, 2.45) is 11.8 Å². The van der Waals surface area contributed by atoms with Gasteiger partial charge in [-0.3, -0.25) is 19.7 Å². The number of nitrogens with zero attached hydrogens (tertiary/aromatic N) is 2. The van der Waals surface area contributed by atoms with Gasteiger partial charge >= 0.3 is 5.97 Å². The van der Waals surface area contributed by atoms with Crippen molar-refractivity contribution in [3.8, 4) is 0 Å². The normalized spacial score (nSPS) is 21.3. The van der Waals surface area contributed by atoms with Gasteiger partial charge in [-0.05, 0) is 12.0 Å². The average Bonchev–Trinajstić information content (AvgIpc) is 2.80. The molecule has 1 amide bonds. The van der Waals surface area contributed by atoms with Crippen LogP contribution in [0.25, 0.3) is 0 Å². The summed E-state index contributed by atoms with van der Waals surface area (Å²) in [5.74, 6) is -2.25. The number of benzene rings is 1. The molecule has 0 spiro atoms. The van der Waals surface area contributed by atoms with Crippen LogP contribution in [-0.4, -0.2) is 39.9 Å². The first kappa shape index (κ1) is 15.2. The summed E-state index contributed by atoms with van der Waals surface area (Å²) >= 11 is 5.91. The monoisotopic (exact) mass is 312 g/mol. The van der Waals surface area contributed by atoms with Crippen molar-refractivity contribution in [3.63, 3.8) is 0 Å². The Morgan fingerprint density at radius 3 is 2.62 bits per heavy atom. The van der Waals surface area contributed by atoms with Gasteiger partial charge in [-0.1, -0.05) is 24.6 Å². The van der Waals surface area contributed by atoms with E-state index < -0.39 is 22.7 Å². The Bertz CT molecular complexity index is 619. The van der Waals surface area contributed by atoms with Gasteiger partial charge in [-0.2, -0.15) is 0 Å². The molecule has 1 aromatic carbocycles. The Balaban J connectivity index is 2.28. The molecule has 1 aliphatic rings. The molecule has 1 aliphatic heterocycles. The molecule has 0 bridgehead atoms. The van der Waals surface area contributed by atoms with Crippen LogP contribution in [0.15, 0.2) is 18.2 Å². The van der Waals surface area contributed by atoms with Crippen molar-refractivity contribution >= 4 is 29.2 Å². The molecule has 8 heteroatoms. The fraction of sp³-hybridized carbons (Fsp3) is 0.385. The van der Waals surface area contributed by atoms with Gasteiger partial charge < -0.3 is 10.0 Å². The summed E-state index contributed by atoms with van der Waals surface area (Å²) in [5.41, 5.74) is -0.325. The van der Waals surface area contributed by atoms with E-state index >= 15 is 0 Å². The van der Waals surface area contributed by atoms with E-state index in [0.717, 1.165) is 0 Å². The Morgan fingerprint density at radius 2 is 2.10 bits per heavy atom. The van der Waals surface area contributed by atoms with Gasteiger partial charge in [0.15, 0.2) is 0 Å². The maximum atomic E-state index is 12.4. The summed E-state index contributed by atoms with van der Waals surface area (Å²) in [6, 6.07) is 3.99. The number of hydrogen-bond acceptors (Lipinski definition) is 4. The number of nitro groups is 1. The lowest BCUT2D eigenvalue weighted by Crippen LogP contribution is -2.30. The number of amides is 1. The first-order valence-corrected chi connectivity index (χ1v) is 6.65. The molecule has 21 heavy (non-hydrogen) atoms. The van der Waals surface area contributed by atoms with Gasteiger partial charge in [0.1, 0.15) is 5.02 Å². The predicted molar refractivity (Wildman–Crippen MR) is 74.3 cm³/mol. The third-order valence-electron chi connectivity index (χ3n) is 3.62. The van der Waals surface area contributed by atoms with E-state index in [1.807, 2.05) is 0 Å². The second kappa shape index (κ2) is 5.69. The van der Waals surface area contributed by atoms with Crippen molar-refractivity contribution < 1.29 is 19.6 Å². The van der Waals surface area contributed by atoms with E-state index in [2.05, 4.69) is 0 Å². The lowest BCUT2D eigenvalue weighted by atomic mass is 9.99. The topological polar surface area (TPSA) is 101 Å². The summed E-state index contributed by atoms with van der Waals surface area (Å²) in [5, 5.41) is 19.7. The van der Waals surface area contributed by atoms with Crippen LogP contribution in [0.3, 0.4) is 0 Å². The first-order valence-electron chi connectivity index (χ1n) is 6.28. The minimum absolute atomic E-state index is 0.0177. The Hall–Kier alpha value is -2.15. The molecule has 0 unspecified atom stereocenters. The molecule has 1 fully saturated rings. The number of hydrogen-bond donors (Lipinski definition) is 1. The van der Waals surface area contributed by atoms with E-state index in [1.165, 1.54) is 23.1 Å². The van der Waals surface area contributed by atoms with E-state index in [4.69, 9.17) is 16.7 Å². The second-order valence-electron chi connectivity index (χ2n) is 5.03. The van der Waals surface area contributed by atoms with Crippen molar-refractivity contribution in [2.75, 3.05) is 13.1 Å². The van der Waals surface area contributed by atoms with Crippen LogP contribution in [0.1, 0.15) is 17.3 Å². The highest BCUT2D eigenvalue weighted by atomic mass is 35.5. The highest BCUT2D eigenvalue weighted by Gasteiger charge is 2.38. The van der Waals surface area contributed by atoms with Crippen LogP contribution >= 0.6 is 11.6 Å². The molecule has 112 valence electrons. The molecule has 0 radical (unpaired) electrons. The zero-order valence-electron chi connectivity index (χ0n) is 11.2. The molecule has 0 saturated carbocycles. The van der Waals surface area contributed by atoms with E-state index in [9.17, 15) is 19.7 Å². The summed E-state index contributed by atoms with van der Waals surface area (Å²) < 4.78 is 0. The predicted octanol–water partition coefficient (Wildman–Crippen LogP) is 2.04. The molecule has 2 atom stereocenters. The second-order valence-corrected chi connectivity index (χ2v) is 5.41. The maximum Gasteiger partial charge on any atom is 0.308 e. The number of carbonyl (C=O) groups excluding carboxylic acids is 1. The number of rotatable bonds is 3. The smallest absolute Gasteiger partial charge is 0.308 e. The van der Waals surface area contributed by atoms with Gasteiger partial charge in [-0.25, -0.2) is 0 Å². The molecule has 0 aliphatic carbocycles. The highest BCUT2D eigenvalue weighted by Crippen LogP contribution is 2.31. The van der Waals surface area contributed by atoms with Gasteiger partial charge in [0, 0.05) is 19.2 Å². The van der Waals surface area contributed by atoms with Gasteiger partial charge in [0.2, 0.25) is 0 Å². The minimum atomic E-state index is -0.956. The van der Waals surface area contributed by atoms with Gasteiger partial charge in [0.25, 0.3) is 11.6 Å². The molecule has 1 N–H and O–H groups in total. The Morgan fingerprint density at radius 1 is 1.43 bits per heavy atom. The van der Waals surface area contributed by atoms with Crippen molar-refractivity contribution in [1.82, 2.24) is 4.90 Å². The van der Waals surface area contributed by atoms with Crippen LogP contribution < -0.4 is 0 Å². The SMILES string of the molecule is C[C@@H]1CN(C(=O)c2cccc([N+](=O)[O-])c2Cl)C[C@H]1C(=O)O. The number of aliphatic carboxylic acids is 1. The van der Waals surface area contributed by atoms with Crippen LogP contribution in [-0.2, 0) is 4.79 Å². The minimum Gasteiger partial charge on any atom is -0.481 e. The van der Waals surface area contributed by atoms with Crippen molar-refractivity contribution in [3.05, 3.63) is 38.9 Å². The lowest BCUT2D eigenvalue weighted by molar-refractivity contribution is -0.384. The van der Waals surface area contributed by atoms with Gasteiger partial charge in [0.05, 0.1) is 16.4 Å². The zero-order chi connectivity index (χ0) is 15.7. The molecular weight excluding hydrogens is 300 g/mol. The van der Waals surface area contributed by atoms with E-state index in [-0.39, 0.29) is 35.3 Å². The van der Waals surface area contributed by atoms with Crippen molar-refractivity contribution in [2.45, 2.75) is 6.92 Å². The molecule has 1 saturated heterocycles. The zero-order valence-corrected chi connectivity index (χ0v) is 11.9. The third-order valence-corrected chi connectivity index (χ3v) is 4.02. The molecule has 1 aromatic rings. The Kier molecular flexibility index (Phi) is 4.13. The van der Waals surface area contributed by atoms with Gasteiger partial charge in [-0.15, -0.1) is 0 Å². The fourth-order valence-corrected chi connectivity index (χ4v) is 2.73. The number of carboxylic acids is 1. The first-order chi connectivity index (χ1) is 9.82. The lowest BCUT2D eigenvalue weighted by Gasteiger charge is -2.16. The summed E-state index contributed by atoms with van der Waals surface area (Å²) in [6.45, 7) is 2.12. The van der Waals surface area contributed by atoms with E-state index in [0.29, 0.717) is 0 Å². The number of nitro benzene ring substituents is 1. The molecular formula is C13H13ClN2O5. The molecule has 0 aromatic heterocycles. The maximum absolute atomic E-state index is 12.4. The standard InChI is InChI=1S/C13H13ClN2O5/c1-7-5-15(6-9(7)13(18)19)12(17)8-3-2-4-10(11(8)14)16(20)21/h2-4,7,9H,5-6H2,1H3,(H,18,19)/t7-,9-/m1/s1. The number of carbonyl (C=O) groups is 2. The molecule has 2 rings (SSSR count). The number of likely N-dealkylation sites (tertiary alicyclic amines) is 1. The van der Waals surface area contributed by atoms with E-state index in [1.54, 1.807) is 6.92 Å². The fourth-order valence-electron chi connectivity index (χ4n) is 2.45.